The van der Waals surface area contributed by atoms with Crippen molar-refractivity contribution >= 4 is 11.8 Å². The highest BCUT2D eigenvalue weighted by Gasteiger charge is 2.35. The zero-order chi connectivity index (χ0) is 17.8. The second-order valence-electron chi connectivity index (χ2n) is 6.70. The normalized spacial score (nSPS) is 15.9. The summed E-state index contributed by atoms with van der Waals surface area (Å²) in [5.41, 5.74) is 2.07. The fraction of sp³-hybridized carbons (Fsp3) is 0.333. The van der Waals surface area contributed by atoms with Crippen LogP contribution < -0.4 is 5.32 Å². The molecule has 3 rings (SSSR count). The minimum absolute atomic E-state index is 0.0851. The molecule has 130 valence electrons. The molecular weight excluding hydrogens is 312 g/mol. The van der Waals surface area contributed by atoms with Crippen LogP contribution in [0, 0.1) is 5.92 Å². The number of rotatable bonds is 5. The molecule has 25 heavy (non-hydrogen) atoms. The average molecular weight is 336 g/mol. The zero-order valence-corrected chi connectivity index (χ0v) is 14.7. The van der Waals surface area contributed by atoms with Crippen molar-refractivity contribution in [1.82, 2.24) is 10.2 Å². The van der Waals surface area contributed by atoms with Gasteiger partial charge in [0.25, 0.3) is 0 Å². The first-order valence-corrected chi connectivity index (χ1v) is 8.75. The zero-order valence-electron chi connectivity index (χ0n) is 14.7. The lowest BCUT2D eigenvalue weighted by molar-refractivity contribution is -0.146. The highest BCUT2D eigenvalue weighted by Crippen LogP contribution is 2.40. The van der Waals surface area contributed by atoms with Crippen molar-refractivity contribution in [2.24, 2.45) is 5.92 Å². The average Bonchev–Trinajstić information content (AvgIpc) is 3.50. The molecule has 1 N–H and O–H groups in total. The molecule has 0 heterocycles. The predicted octanol–water partition coefficient (Wildman–Crippen LogP) is 3.47. The third-order valence-electron chi connectivity index (χ3n) is 4.92. The second-order valence-corrected chi connectivity index (χ2v) is 6.70. The minimum Gasteiger partial charge on any atom is -0.341 e. The molecule has 0 bridgehead atoms. The molecule has 2 atom stereocenters. The maximum atomic E-state index is 12.6. The van der Waals surface area contributed by atoms with E-state index >= 15 is 0 Å². The molecular formula is C21H24N2O2. The highest BCUT2D eigenvalue weighted by atomic mass is 16.2. The van der Waals surface area contributed by atoms with Crippen LogP contribution in [0.5, 0.6) is 0 Å². The molecule has 4 nitrogen and oxygen atoms in total. The maximum Gasteiger partial charge on any atom is 0.312 e. The Kier molecular flexibility index (Phi) is 5.17. The van der Waals surface area contributed by atoms with Crippen LogP contribution in [-0.2, 0) is 9.59 Å². The number of nitrogens with one attached hydrogen (secondary N) is 1. The molecule has 0 unspecified atom stereocenters. The van der Waals surface area contributed by atoms with Gasteiger partial charge in [0.1, 0.15) is 0 Å². The van der Waals surface area contributed by atoms with Crippen molar-refractivity contribution in [2.75, 3.05) is 7.05 Å². The molecule has 1 saturated carbocycles. The quantitative estimate of drug-likeness (QED) is 0.850. The molecule has 0 aliphatic heterocycles. The van der Waals surface area contributed by atoms with E-state index in [1.54, 1.807) is 7.05 Å². The number of nitrogens with zero attached hydrogens (tertiary/aromatic N) is 1. The Morgan fingerprint density at radius 1 is 0.960 bits per heavy atom. The van der Waals surface area contributed by atoms with E-state index < -0.39 is 11.8 Å². The fourth-order valence-corrected chi connectivity index (χ4v) is 3.06. The Morgan fingerprint density at radius 3 is 2.00 bits per heavy atom. The summed E-state index contributed by atoms with van der Waals surface area (Å²) in [6, 6.07) is 19.4. The van der Waals surface area contributed by atoms with Gasteiger partial charge in [0.15, 0.2) is 0 Å². The van der Waals surface area contributed by atoms with E-state index in [9.17, 15) is 9.59 Å². The Morgan fingerprint density at radius 2 is 1.48 bits per heavy atom. The van der Waals surface area contributed by atoms with E-state index in [4.69, 9.17) is 0 Å². The summed E-state index contributed by atoms with van der Waals surface area (Å²) in [5, 5.41) is 2.95. The molecule has 0 spiro atoms. The van der Waals surface area contributed by atoms with Gasteiger partial charge in [0, 0.05) is 7.05 Å². The molecule has 0 saturated heterocycles. The van der Waals surface area contributed by atoms with Crippen molar-refractivity contribution in [3.8, 4) is 0 Å². The molecule has 1 aliphatic carbocycles. The molecule has 0 aromatic heterocycles. The molecule has 0 radical (unpaired) electrons. The van der Waals surface area contributed by atoms with Gasteiger partial charge in [-0.15, -0.1) is 0 Å². The van der Waals surface area contributed by atoms with E-state index in [-0.39, 0.29) is 12.1 Å². The number of hydrogen-bond donors (Lipinski definition) is 1. The standard InChI is InChI=1S/C21H24N2O2/c1-15(16-9-5-3-6-10-16)23(2)21(25)20(24)22-19(18-13-14-18)17-11-7-4-8-12-17/h3-12,15,18-19H,13-14H2,1-2H3,(H,22,24)/t15-,19-/m1/s1. The van der Waals surface area contributed by atoms with Crippen LogP contribution in [0.25, 0.3) is 0 Å². The van der Waals surface area contributed by atoms with Gasteiger partial charge in [-0.3, -0.25) is 9.59 Å². The van der Waals surface area contributed by atoms with E-state index in [0.29, 0.717) is 5.92 Å². The lowest BCUT2D eigenvalue weighted by atomic mass is 10.0. The summed E-state index contributed by atoms with van der Waals surface area (Å²) in [7, 11) is 1.67. The van der Waals surface area contributed by atoms with Gasteiger partial charge in [-0.25, -0.2) is 0 Å². The second kappa shape index (κ2) is 7.51. The van der Waals surface area contributed by atoms with Crippen molar-refractivity contribution in [3.05, 3.63) is 71.8 Å². The first-order valence-electron chi connectivity index (χ1n) is 8.75. The fourth-order valence-electron chi connectivity index (χ4n) is 3.06. The Balaban J connectivity index is 1.68. The van der Waals surface area contributed by atoms with Crippen LogP contribution in [0.3, 0.4) is 0 Å². The van der Waals surface area contributed by atoms with Crippen LogP contribution in [0.4, 0.5) is 0 Å². The van der Waals surface area contributed by atoms with Crippen molar-refractivity contribution in [3.63, 3.8) is 0 Å². The maximum absolute atomic E-state index is 12.6. The number of carbonyl (C=O) groups excluding carboxylic acids is 2. The summed E-state index contributed by atoms with van der Waals surface area (Å²) in [5.74, 6) is -0.611. The van der Waals surface area contributed by atoms with E-state index in [2.05, 4.69) is 5.32 Å². The van der Waals surface area contributed by atoms with Gasteiger partial charge in [-0.1, -0.05) is 60.7 Å². The van der Waals surface area contributed by atoms with Gasteiger partial charge >= 0.3 is 11.8 Å². The lowest BCUT2D eigenvalue weighted by Gasteiger charge is -2.26. The van der Waals surface area contributed by atoms with Crippen LogP contribution in [-0.4, -0.2) is 23.8 Å². The van der Waals surface area contributed by atoms with Gasteiger partial charge in [-0.05, 0) is 36.8 Å². The molecule has 2 aromatic rings. The Labute approximate surface area is 148 Å². The molecule has 2 amide bonds. The molecule has 4 heteroatoms. The first kappa shape index (κ1) is 17.2. The summed E-state index contributed by atoms with van der Waals surface area (Å²) < 4.78 is 0. The van der Waals surface area contributed by atoms with Crippen LogP contribution >= 0.6 is 0 Å². The SMILES string of the molecule is C[C@H](c1ccccc1)N(C)C(=O)C(=O)N[C@H](c1ccccc1)C1CC1. The lowest BCUT2D eigenvalue weighted by Crippen LogP contribution is -2.43. The number of likely N-dealkylation sites (N-methyl/N-ethyl adjacent to an activating group) is 1. The molecule has 1 fully saturated rings. The van der Waals surface area contributed by atoms with Gasteiger partial charge in [-0.2, -0.15) is 0 Å². The number of hydrogen-bond acceptors (Lipinski definition) is 2. The minimum atomic E-state index is -0.536. The van der Waals surface area contributed by atoms with E-state index in [1.165, 1.54) is 4.90 Å². The molecule has 2 aromatic carbocycles. The van der Waals surface area contributed by atoms with Crippen LogP contribution in [0.2, 0.25) is 0 Å². The van der Waals surface area contributed by atoms with Gasteiger partial charge in [0.05, 0.1) is 12.1 Å². The topological polar surface area (TPSA) is 49.4 Å². The number of amides is 2. The van der Waals surface area contributed by atoms with Crippen molar-refractivity contribution in [2.45, 2.75) is 31.8 Å². The largest absolute Gasteiger partial charge is 0.341 e. The van der Waals surface area contributed by atoms with Gasteiger partial charge in [0.2, 0.25) is 0 Å². The van der Waals surface area contributed by atoms with Gasteiger partial charge < -0.3 is 10.2 Å². The summed E-state index contributed by atoms with van der Waals surface area (Å²) in [4.78, 5) is 26.6. The third-order valence-corrected chi connectivity index (χ3v) is 4.92. The Hall–Kier alpha value is -2.62. The van der Waals surface area contributed by atoms with Crippen LogP contribution in [0.1, 0.15) is 43.0 Å². The highest BCUT2D eigenvalue weighted by molar-refractivity contribution is 6.35. The summed E-state index contributed by atoms with van der Waals surface area (Å²) >= 11 is 0. The van der Waals surface area contributed by atoms with Crippen molar-refractivity contribution in [1.29, 1.82) is 0 Å². The van der Waals surface area contributed by atoms with Crippen LogP contribution in [0.15, 0.2) is 60.7 Å². The number of benzene rings is 2. The predicted molar refractivity (Wildman–Crippen MR) is 97.7 cm³/mol. The molecule has 1 aliphatic rings. The Bertz CT molecular complexity index is 726. The van der Waals surface area contributed by atoms with E-state index in [1.807, 2.05) is 67.6 Å². The monoisotopic (exact) mass is 336 g/mol. The number of carbonyl (C=O) groups is 2. The summed E-state index contributed by atoms with van der Waals surface area (Å²) in [6.45, 7) is 1.93. The smallest absolute Gasteiger partial charge is 0.312 e. The summed E-state index contributed by atoms with van der Waals surface area (Å²) in [6.07, 6.45) is 2.18. The first-order chi connectivity index (χ1) is 12.1. The van der Waals surface area contributed by atoms with E-state index in [0.717, 1.165) is 24.0 Å². The third kappa shape index (κ3) is 4.08. The van der Waals surface area contributed by atoms with Crippen molar-refractivity contribution < 1.29 is 9.59 Å².